The summed E-state index contributed by atoms with van der Waals surface area (Å²) in [4.78, 5) is 0. The van der Waals surface area contributed by atoms with Crippen LogP contribution in [0, 0.1) is 0 Å². The highest BCUT2D eigenvalue weighted by atomic mass is 32.1. The third-order valence-electron chi connectivity index (χ3n) is 12.7. The molecule has 278 valence electrons. The van der Waals surface area contributed by atoms with Crippen molar-refractivity contribution in [3.63, 3.8) is 0 Å². The first kappa shape index (κ1) is 33.8. The van der Waals surface area contributed by atoms with Crippen molar-refractivity contribution in [2.45, 2.75) is 0 Å². The second-order valence-corrected chi connectivity index (χ2v) is 18.0. The van der Waals surface area contributed by atoms with Crippen molar-refractivity contribution in [1.29, 1.82) is 0 Å². The maximum absolute atomic E-state index is 2.49. The molecule has 0 fully saturated rings. The van der Waals surface area contributed by atoms with E-state index in [9.17, 15) is 0 Å². The second kappa shape index (κ2) is 13.2. The van der Waals surface area contributed by atoms with Crippen molar-refractivity contribution in [3.8, 4) is 44.5 Å². The van der Waals surface area contributed by atoms with Crippen LogP contribution in [-0.2, 0) is 0 Å². The molecule has 0 amide bonds. The largest absolute Gasteiger partial charge is 0.135 e. The van der Waals surface area contributed by atoms with Crippen LogP contribution in [0.2, 0.25) is 0 Å². The Morgan fingerprint density at radius 2 is 0.667 bits per heavy atom. The van der Waals surface area contributed by atoms with E-state index in [4.69, 9.17) is 0 Å². The normalized spacial score (nSPS) is 12.0. The first-order valence-electron chi connectivity index (χ1n) is 20.6. The lowest BCUT2D eigenvalue weighted by Crippen LogP contribution is -1.93. The van der Waals surface area contributed by atoms with Crippen molar-refractivity contribution < 1.29 is 0 Å². The first-order chi connectivity index (χ1) is 29.8. The van der Waals surface area contributed by atoms with E-state index < -0.39 is 0 Å². The van der Waals surface area contributed by atoms with E-state index in [-0.39, 0.29) is 0 Å². The van der Waals surface area contributed by atoms with Crippen LogP contribution in [-0.4, -0.2) is 0 Å². The Morgan fingerprint density at radius 3 is 1.33 bits per heavy atom. The minimum Gasteiger partial charge on any atom is -0.135 e. The predicted octanol–water partition coefficient (Wildman–Crippen LogP) is 17.7. The van der Waals surface area contributed by atoms with Gasteiger partial charge in [0, 0.05) is 45.7 Å². The summed E-state index contributed by atoms with van der Waals surface area (Å²) in [5.41, 5.74) is 10.0. The molecule has 0 spiro atoms. The molecule has 60 heavy (non-hydrogen) atoms. The lowest BCUT2D eigenvalue weighted by atomic mass is 9.83. The molecule has 0 saturated carbocycles. The number of hydrogen-bond acceptors (Lipinski definition) is 2. The Morgan fingerprint density at radius 1 is 0.217 bits per heavy atom. The number of rotatable bonds is 4. The molecular weight excluding hydrogens is 761 g/mol. The van der Waals surface area contributed by atoms with Crippen molar-refractivity contribution in [3.05, 3.63) is 206 Å². The summed E-state index contributed by atoms with van der Waals surface area (Å²) in [6.07, 6.45) is 0. The molecule has 0 nitrogen and oxygen atoms in total. The zero-order chi connectivity index (χ0) is 39.3. The van der Waals surface area contributed by atoms with Gasteiger partial charge in [0.1, 0.15) is 0 Å². The number of benzene rings is 11. The van der Waals surface area contributed by atoms with Crippen molar-refractivity contribution >= 4 is 106 Å². The molecule has 0 aliphatic rings. The maximum Gasteiger partial charge on any atom is 0.0434 e. The molecule has 0 radical (unpaired) electrons. The zero-order valence-corrected chi connectivity index (χ0v) is 34.1. The SMILES string of the molecule is c1ccc(-c2ccc(-c3c4ccccc4c(-c4ccc(-c5cc6c7cc8sc9ccccc9c8cc7sc6c6ccccc56)c5ccccc45)c4ccccc34)cc2)cc1. The molecule has 2 heterocycles. The van der Waals surface area contributed by atoms with Gasteiger partial charge in [-0.05, 0) is 106 Å². The smallest absolute Gasteiger partial charge is 0.0434 e. The topological polar surface area (TPSA) is 0 Å². The van der Waals surface area contributed by atoms with Crippen LogP contribution in [0.5, 0.6) is 0 Å². The van der Waals surface area contributed by atoms with Crippen molar-refractivity contribution in [1.82, 2.24) is 0 Å². The zero-order valence-electron chi connectivity index (χ0n) is 32.4. The summed E-state index contributed by atoms with van der Waals surface area (Å²) in [7, 11) is 0. The monoisotopic (exact) mass is 794 g/mol. The quantitative estimate of drug-likeness (QED) is 0.156. The van der Waals surface area contributed by atoms with Crippen LogP contribution >= 0.6 is 22.7 Å². The van der Waals surface area contributed by atoms with Crippen LogP contribution in [0.3, 0.4) is 0 Å². The van der Waals surface area contributed by atoms with Gasteiger partial charge in [-0.1, -0.05) is 182 Å². The summed E-state index contributed by atoms with van der Waals surface area (Å²) >= 11 is 3.83. The van der Waals surface area contributed by atoms with Crippen LogP contribution in [0.1, 0.15) is 0 Å². The fraction of sp³-hybridized carbons (Fsp3) is 0. The van der Waals surface area contributed by atoms with E-state index in [0.29, 0.717) is 0 Å². The molecular formula is C58H34S2. The van der Waals surface area contributed by atoms with Gasteiger partial charge in [-0.3, -0.25) is 0 Å². The maximum atomic E-state index is 2.49. The molecule has 11 aromatic carbocycles. The van der Waals surface area contributed by atoms with Crippen LogP contribution < -0.4 is 0 Å². The molecule has 0 N–H and O–H groups in total. The summed E-state index contributed by atoms with van der Waals surface area (Å²) in [5, 5.41) is 15.6. The Bertz CT molecular complexity index is 3810. The molecule has 2 aromatic heterocycles. The number of thiophene rings is 2. The van der Waals surface area contributed by atoms with Gasteiger partial charge in [-0.2, -0.15) is 0 Å². The summed E-state index contributed by atoms with van der Waals surface area (Å²) in [6.45, 7) is 0. The van der Waals surface area contributed by atoms with Gasteiger partial charge in [0.2, 0.25) is 0 Å². The molecule has 0 bridgehead atoms. The highest BCUT2D eigenvalue weighted by Gasteiger charge is 2.21. The van der Waals surface area contributed by atoms with Crippen molar-refractivity contribution in [2.75, 3.05) is 0 Å². The molecule has 13 aromatic rings. The summed E-state index contributed by atoms with van der Waals surface area (Å²) in [5.74, 6) is 0. The Labute approximate surface area is 354 Å². The van der Waals surface area contributed by atoms with E-state index >= 15 is 0 Å². The summed E-state index contributed by atoms with van der Waals surface area (Å²) in [6, 6.07) is 76.8. The molecule has 0 aliphatic heterocycles. The molecule has 0 atom stereocenters. The lowest BCUT2D eigenvalue weighted by molar-refractivity contribution is 1.61. The number of hydrogen-bond donors (Lipinski definition) is 0. The van der Waals surface area contributed by atoms with E-state index in [1.54, 1.807) is 0 Å². The van der Waals surface area contributed by atoms with Gasteiger partial charge < -0.3 is 0 Å². The van der Waals surface area contributed by atoms with E-state index in [1.165, 1.54) is 128 Å². The standard InChI is InChI=1S/C58H34S2/c1-2-14-35(15-3-1)36-26-28-37(29-27-36)56-43-20-7-9-22-45(43)57(46-23-10-8-21-44(46)56)47-31-30-41(38-16-4-5-17-39(38)47)49-32-52-51-34-54-50(42-19-12-13-25-53(42)59-54)33-55(51)60-58(52)48-24-11-6-18-40(48)49/h1-34H. The van der Waals surface area contributed by atoms with Crippen molar-refractivity contribution in [2.24, 2.45) is 0 Å². The van der Waals surface area contributed by atoms with Crippen LogP contribution in [0.15, 0.2) is 206 Å². The van der Waals surface area contributed by atoms with Gasteiger partial charge in [0.05, 0.1) is 0 Å². The Hall–Kier alpha value is -7.10. The lowest BCUT2D eigenvalue weighted by Gasteiger charge is -2.20. The first-order valence-corrected chi connectivity index (χ1v) is 22.2. The third-order valence-corrected chi connectivity index (χ3v) is 15.0. The molecule has 13 rings (SSSR count). The van der Waals surface area contributed by atoms with Crippen LogP contribution in [0.25, 0.3) is 128 Å². The molecule has 0 aliphatic carbocycles. The van der Waals surface area contributed by atoms with Gasteiger partial charge in [-0.15, -0.1) is 22.7 Å². The third kappa shape index (κ3) is 5.02. The highest BCUT2D eigenvalue weighted by molar-refractivity contribution is 7.28. The van der Waals surface area contributed by atoms with Gasteiger partial charge in [0.25, 0.3) is 0 Å². The minimum atomic E-state index is 1.23. The van der Waals surface area contributed by atoms with Gasteiger partial charge >= 0.3 is 0 Å². The van der Waals surface area contributed by atoms with Gasteiger partial charge in [-0.25, -0.2) is 0 Å². The fourth-order valence-corrected chi connectivity index (χ4v) is 12.3. The van der Waals surface area contributed by atoms with Gasteiger partial charge in [0.15, 0.2) is 0 Å². The molecule has 2 heteroatoms. The van der Waals surface area contributed by atoms with E-state index in [0.717, 1.165) is 0 Å². The minimum absolute atomic E-state index is 1.23. The van der Waals surface area contributed by atoms with E-state index in [1.807, 2.05) is 22.7 Å². The highest BCUT2D eigenvalue weighted by Crippen LogP contribution is 2.50. The average molecular weight is 795 g/mol. The molecule has 0 saturated heterocycles. The Balaban J connectivity index is 1.04. The summed E-state index contributed by atoms with van der Waals surface area (Å²) < 4.78 is 5.40. The second-order valence-electron chi connectivity index (χ2n) is 15.9. The van der Waals surface area contributed by atoms with E-state index in [2.05, 4.69) is 206 Å². The predicted molar refractivity (Wildman–Crippen MR) is 264 cm³/mol. The fourth-order valence-electron chi connectivity index (χ4n) is 9.98. The van der Waals surface area contributed by atoms with Crippen LogP contribution in [0.4, 0.5) is 0 Å². The number of fused-ring (bicyclic) bond motifs is 11. The molecule has 0 unspecified atom stereocenters. The average Bonchev–Trinajstić information content (AvgIpc) is 3.87. The Kier molecular flexibility index (Phi) is 7.45.